The van der Waals surface area contributed by atoms with Crippen LogP contribution in [0, 0.1) is 6.92 Å². The molecule has 146 valence electrons. The van der Waals surface area contributed by atoms with E-state index in [2.05, 4.69) is 15.5 Å². The van der Waals surface area contributed by atoms with Gasteiger partial charge in [-0.05, 0) is 43.5 Å². The highest BCUT2D eigenvalue weighted by Crippen LogP contribution is 2.21. The third-order valence-electron chi connectivity index (χ3n) is 4.00. The van der Waals surface area contributed by atoms with Crippen LogP contribution in [0.2, 0.25) is 0 Å². The largest absolute Gasteiger partial charge is 0.486 e. The normalized spacial score (nSPS) is 10.7. The SMILES string of the molecule is CSc1cccc(NC(=O)CSc2nnc(COc3ccc(C)cc3)n2C)c1. The molecule has 0 radical (unpaired) electrons. The van der Waals surface area contributed by atoms with Crippen LogP contribution in [-0.2, 0) is 18.4 Å². The van der Waals surface area contributed by atoms with Gasteiger partial charge in [-0.2, -0.15) is 0 Å². The highest BCUT2D eigenvalue weighted by Gasteiger charge is 2.12. The number of aryl methyl sites for hydroxylation is 1. The standard InChI is InChI=1S/C20H22N4O2S2/c1-14-7-9-16(10-8-14)26-12-18-22-23-20(24(18)2)28-13-19(25)21-15-5-4-6-17(11-15)27-3/h4-11H,12-13H2,1-3H3,(H,21,25). The van der Waals surface area contributed by atoms with E-state index in [4.69, 9.17) is 4.74 Å². The predicted octanol–water partition coefficient (Wildman–Crippen LogP) is 4.16. The van der Waals surface area contributed by atoms with E-state index in [9.17, 15) is 4.79 Å². The van der Waals surface area contributed by atoms with Crippen molar-refractivity contribution in [2.75, 3.05) is 17.3 Å². The molecule has 3 aromatic rings. The Kier molecular flexibility index (Phi) is 7.00. The number of hydrogen-bond donors (Lipinski definition) is 1. The minimum atomic E-state index is -0.0799. The molecule has 1 amide bonds. The van der Waals surface area contributed by atoms with Gasteiger partial charge in [-0.3, -0.25) is 4.79 Å². The summed E-state index contributed by atoms with van der Waals surface area (Å²) in [6.45, 7) is 2.35. The fourth-order valence-corrected chi connectivity index (χ4v) is 3.60. The monoisotopic (exact) mass is 414 g/mol. The van der Waals surface area contributed by atoms with E-state index < -0.39 is 0 Å². The molecule has 0 bridgehead atoms. The van der Waals surface area contributed by atoms with Crippen molar-refractivity contribution in [1.29, 1.82) is 0 Å². The second-order valence-corrected chi connectivity index (χ2v) is 7.95. The van der Waals surface area contributed by atoms with Gasteiger partial charge in [0.05, 0.1) is 5.75 Å². The van der Waals surface area contributed by atoms with Crippen molar-refractivity contribution >= 4 is 35.1 Å². The van der Waals surface area contributed by atoms with Crippen LogP contribution in [0.1, 0.15) is 11.4 Å². The zero-order chi connectivity index (χ0) is 19.9. The number of hydrogen-bond acceptors (Lipinski definition) is 6. The third-order valence-corrected chi connectivity index (χ3v) is 5.75. The molecule has 0 spiro atoms. The van der Waals surface area contributed by atoms with Gasteiger partial charge in [0.15, 0.2) is 11.0 Å². The summed E-state index contributed by atoms with van der Waals surface area (Å²) in [6.07, 6.45) is 2.00. The quantitative estimate of drug-likeness (QED) is 0.558. The number of ether oxygens (including phenoxy) is 1. The number of thioether (sulfide) groups is 2. The van der Waals surface area contributed by atoms with Gasteiger partial charge in [-0.25, -0.2) is 0 Å². The first-order valence-corrected chi connectivity index (χ1v) is 10.9. The Morgan fingerprint density at radius 1 is 1.18 bits per heavy atom. The van der Waals surface area contributed by atoms with Crippen LogP contribution in [-0.4, -0.2) is 32.7 Å². The second-order valence-electron chi connectivity index (χ2n) is 6.13. The molecule has 8 heteroatoms. The second kappa shape index (κ2) is 9.66. The molecule has 2 aromatic carbocycles. The average molecular weight is 415 g/mol. The minimum absolute atomic E-state index is 0.0799. The van der Waals surface area contributed by atoms with Gasteiger partial charge in [0.1, 0.15) is 12.4 Å². The molecular formula is C20H22N4O2S2. The molecule has 3 rings (SSSR count). The van der Waals surface area contributed by atoms with E-state index in [1.54, 1.807) is 11.8 Å². The number of nitrogens with one attached hydrogen (secondary N) is 1. The highest BCUT2D eigenvalue weighted by molar-refractivity contribution is 7.99. The van der Waals surface area contributed by atoms with E-state index in [1.807, 2.05) is 73.3 Å². The first-order chi connectivity index (χ1) is 13.5. The predicted molar refractivity (Wildman–Crippen MR) is 114 cm³/mol. The van der Waals surface area contributed by atoms with Gasteiger partial charge in [-0.1, -0.05) is 35.5 Å². The summed E-state index contributed by atoms with van der Waals surface area (Å²) >= 11 is 2.98. The van der Waals surface area contributed by atoms with Gasteiger partial charge in [0.25, 0.3) is 0 Å². The first kappa shape index (κ1) is 20.3. The van der Waals surface area contributed by atoms with E-state index in [1.165, 1.54) is 17.3 Å². The number of aromatic nitrogens is 3. The van der Waals surface area contributed by atoms with Crippen LogP contribution in [0.4, 0.5) is 5.69 Å². The van der Waals surface area contributed by atoms with Crippen molar-refractivity contribution in [3.63, 3.8) is 0 Å². The van der Waals surface area contributed by atoms with Crippen LogP contribution in [0.25, 0.3) is 0 Å². The maximum Gasteiger partial charge on any atom is 0.234 e. The fraction of sp³-hybridized carbons (Fsp3) is 0.250. The molecule has 1 heterocycles. The zero-order valence-electron chi connectivity index (χ0n) is 16.0. The van der Waals surface area contributed by atoms with Crippen molar-refractivity contribution in [3.05, 3.63) is 59.9 Å². The molecule has 0 unspecified atom stereocenters. The summed E-state index contributed by atoms with van der Waals surface area (Å²) in [6, 6.07) is 15.6. The van der Waals surface area contributed by atoms with Crippen LogP contribution in [0.15, 0.2) is 58.6 Å². The lowest BCUT2D eigenvalue weighted by atomic mass is 10.2. The maximum absolute atomic E-state index is 12.2. The van der Waals surface area contributed by atoms with Crippen LogP contribution < -0.4 is 10.1 Å². The van der Waals surface area contributed by atoms with Gasteiger partial charge in [0.2, 0.25) is 5.91 Å². The fourth-order valence-electron chi connectivity index (χ4n) is 2.41. The Labute approximate surface area is 173 Å². The number of rotatable bonds is 8. The minimum Gasteiger partial charge on any atom is -0.486 e. The van der Waals surface area contributed by atoms with Gasteiger partial charge in [0, 0.05) is 17.6 Å². The van der Waals surface area contributed by atoms with E-state index in [0.717, 1.165) is 16.3 Å². The topological polar surface area (TPSA) is 69.0 Å². The number of anilines is 1. The Balaban J connectivity index is 1.52. The van der Waals surface area contributed by atoms with Crippen molar-refractivity contribution in [1.82, 2.24) is 14.8 Å². The Bertz CT molecular complexity index is 942. The Morgan fingerprint density at radius 2 is 1.96 bits per heavy atom. The molecule has 28 heavy (non-hydrogen) atoms. The molecular weight excluding hydrogens is 392 g/mol. The molecule has 0 aliphatic heterocycles. The highest BCUT2D eigenvalue weighted by atomic mass is 32.2. The number of benzene rings is 2. The summed E-state index contributed by atoms with van der Waals surface area (Å²) in [4.78, 5) is 13.3. The molecule has 0 saturated carbocycles. The number of carbonyl (C=O) groups excluding carboxylic acids is 1. The van der Waals surface area contributed by atoms with E-state index in [0.29, 0.717) is 17.6 Å². The molecule has 1 aromatic heterocycles. The molecule has 0 fully saturated rings. The van der Waals surface area contributed by atoms with Crippen LogP contribution in [0.3, 0.4) is 0 Å². The first-order valence-electron chi connectivity index (χ1n) is 8.69. The van der Waals surface area contributed by atoms with Crippen LogP contribution in [0.5, 0.6) is 5.75 Å². The summed E-state index contributed by atoms with van der Waals surface area (Å²) in [5, 5.41) is 11.9. The van der Waals surface area contributed by atoms with Crippen LogP contribution >= 0.6 is 23.5 Å². The number of carbonyl (C=O) groups is 1. The van der Waals surface area contributed by atoms with Crippen molar-refractivity contribution in [3.8, 4) is 5.75 Å². The molecule has 0 atom stereocenters. The van der Waals surface area contributed by atoms with Crippen molar-refractivity contribution in [2.24, 2.45) is 7.05 Å². The average Bonchev–Trinajstić information content (AvgIpc) is 3.05. The molecule has 6 nitrogen and oxygen atoms in total. The zero-order valence-corrected chi connectivity index (χ0v) is 17.6. The van der Waals surface area contributed by atoms with E-state index in [-0.39, 0.29) is 11.7 Å². The lowest BCUT2D eigenvalue weighted by Crippen LogP contribution is -2.14. The van der Waals surface area contributed by atoms with Crippen molar-refractivity contribution in [2.45, 2.75) is 23.6 Å². The summed E-state index contributed by atoms with van der Waals surface area (Å²) < 4.78 is 7.60. The van der Waals surface area contributed by atoms with Gasteiger partial charge >= 0.3 is 0 Å². The molecule has 0 saturated heterocycles. The lowest BCUT2D eigenvalue weighted by Gasteiger charge is -2.07. The Morgan fingerprint density at radius 3 is 2.71 bits per heavy atom. The number of amides is 1. The Hall–Kier alpha value is -2.45. The van der Waals surface area contributed by atoms with Crippen molar-refractivity contribution < 1.29 is 9.53 Å². The summed E-state index contributed by atoms with van der Waals surface area (Å²) in [5.41, 5.74) is 1.98. The molecule has 1 N–H and O–H groups in total. The molecule has 0 aliphatic carbocycles. The lowest BCUT2D eigenvalue weighted by molar-refractivity contribution is -0.113. The number of nitrogens with zero attached hydrogens (tertiary/aromatic N) is 3. The van der Waals surface area contributed by atoms with Gasteiger partial charge < -0.3 is 14.6 Å². The summed E-state index contributed by atoms with van der Waals surface area (Å²) in [5.74, 6) is 1.67. The third kappa shape index (κ3) is 5.53. The molecule has 0 aliphatic rings. The smallest absolute Gasteiger partial charge is 0.234 e. The summed E-state index contributed by atoms with van der Waals surface area (Å²) in [7, 11) is 1.87. The van der Waals surface area contributed by atoms with Gasteiger partial charge in [-0.15, -0.1) is 22.0 Å². The maximum atomic E-state index is 12.2. The van der Waals surface area contributed by atoms with E-state index >= 15 is 0 Å².